The van der Waals surface area contributed by atoms with Gasteiger partial charge in [0.25, 0.3) is 0 Å². The van der Waals surface area contributed by atoms with Crippen molar-refractivity contribution >= 4 is 23.5 Å². The number of benzene rings is 2. The second-order valence-electron chi connectivity index (χ2n) is 9.36. The van der Waals surface area contributed by atoms with Gasteiger partial charge in [-0.2, -0.15) is 0 Å². The highest BCUT2D eigenvalue weighted by Crippen LogP contribution is 2.27. The van der Waals surface area contributed by atoms with Crippen LogP contribution in [-0.2, 0) is 16.1 Å². The summed E-state index contributed by atoms with van der Waals surface area (Å²) in [6.07, 6.45) is 0.640. The number of Topliss-reactive ketones (excluding diaryl/α,β-unsaturated/α-hetero) is 1. The Morgan fingerprint density at radius 2 is 1.70 bits per heavy atom. The number of ether oxygens (including phenoxy) is 1. The molecule has 0 N–H and O–H groups in total. The summed E-state index contributed by atoms with van der Waals surface area (Å²) in [5, 5.41) is 0. The van der Waals surface area contributed by atoms with Crippen LogP contribution in [0.15, 0.2) is 48.5 Å². The Morgan fingerprint density at radius 1 is 1.06 bits per heavy atom. The number of carbonyl (C=O) groups is 3. The van der Waals surface area contributed by atoms with E-state index in [-0.39, 0.29) is 30.2 Å². The molecule has 6 nitrogen and oxygen atoms in total. The number of rotatable bonds is 5. The highest BCUT2D eigenvalue weighted by molar-refractivity contribution is 5.95. The maximum absolute atomic E-state index is 14.7. The molecule has 0 saturated carbocycles. The number of para-hydroxylation sites is 1. The second-order valence-corrected chi connectivity index (χ2v) is 9.36. The fraction of sp³-hybridized carbons (Fsp3) is 0.423. The van der Waals surface area contributed by atoms with E-state index >= 15 is 0 Å². The van der Waals surface area contributed by atoms with E-state index in [1.54, 1.807) is 21.9 Å². The third-order valence-electron chi connectivity index (χ3n) is 5.62. The molecule has 1 heterocycles. The van der Waals surface area contributed by atoms with Crippen LogP contribution in [0.1, 0.15) is 56.5 Å². The van der Waals surface area contributed by atoms with Crippen LogP contribution < -0.4 is 4.90 Å². The molecule has 3 rings (SSSR count). The number of amides is 2. The summed E-state index contributed by atoms with van der Waals surface area (Å²) in [5.74, 6) is -1.13. The number of piperidine rings is 1. The maximum atomic E-state index is 14.7. The average Bonchev–Trinajstić information content (AvgIpc) is 2.77. The lowest BCUT2D eigenvalue weighted by molar-refractivity contribution is -0.124. The van der Waals surface area contributed by atoms with Crippen molar-refractivity contribution in [2.24, 2.45) is 5.92 Å². The van der Waals surface area contributed by atoms with Crippen LogP contribution in [-0.4, -0.2) is 41.4 Å². The van der Waals surface area contributed by atoms with E-state index in [1.165, 1.54) is 13.0 Å². The van der Waals surface area contributed by atoms with E-state index in [9.17, 15) is 18.8 Å². The standard InChI is InChI=1S/C26H31FN2O4/c1-18(30)20-10-11-21(23(27)16-20)17-29(22-8-6-5-7-9-22)24(31)19-12-14-28(15-13-19)25(32)33-26(2,3)4/h5-11,16,19H,12-15,17H2,1-4H3. The van der Waals surface area contributed by atoms with Gasteiger partial charge >= 0.3 is 6.09 Å². The van der Waals surface area contributed by atoms with Gasteiger partial charge in [0.2, 0.25) is 5.91 Å². The monoisotopic (exact) mass is 454 g/mol. The number of likely N-dealkylation sites (tertiary alicyclic amines) is 1. The smallest absolute Gasteiger partial charge is 0.410 e. The molecular weight excluding hydrogens is 423 g/mol. The van der Waals surface area contributed by atoms with E-state index < -0.39 is 11.4 Å². The zero-order chi connectivity index (χ0) is 24.2. The molecule has 1 fully saturated rings. The number of carbonyl (C=O) groups excluding carboxylic acids is 3. The van der Waals surface area contributed by atoms with Gasteiger partial charge in [0.1, 0.15) is 11.4 Å². The first-order chi connectivity index (χ1) is 15.5. The maximum Gasteiger partial charge on any atom is 0.410 e. The lowest BCUT2D eigenvalue weighted by atomic mass is 9.94. The molecule has 1 aliphatic rings. The van der Waals surface area contributed by atoms with Crippen molar-refractivity contribution in [2.45, 2.75) is 52.7 Å². The summed E-state index contributed by atoms with van der Waals surface area (Å²) in [7, 11) is 0. The lowest BCUT2D eigenvalue weighted by Gasteiger charge is -2.35. The van der Waals surface area contributed by atoms with E-state index in [0.717, 1.165) is 0 Å². The number of hydrogen-bond acceptors (Lipinski definition) is 4. The van der Waals surface area contributed by atoms with Crippen molar-refractivity contribution < 1.29 is 23.5 Å². The molecule has 0 atom stereocenters. The van der Waals surface area contributed by atoms with Crippen molar-refractivity contribution in [2.75, 3.05) is 18.0 Å². The van der Waals surface area contributed by atoms with Crippen LogP contribution in [0.2, 0.25) is 0 Å². The van der Waals surface area contributed by atoms with Crippen LogP contribution in [0.3, 0.4) is 0 Å². The summed E-state index contributed by atoms with van der Waals surface area (Å²) in [4.78, 5) is 40.6. The SMILES string of the molecule is CC(=O)c1ccc(CN(C(=O)C2CCN(C(=O)OC(C)(C)C)CC2)c2ccccc2)c(F)c1. The Morgan fingerprint density at radius 3 is 2.24 bits per heavy atom. The summed E-state index contributed by atoms with van der Waals surface area (Å²) >= 11 is 0. The van der Waals surface area contributed by atoms with E-state index in [0.29, 0.717) is 42.7 Å². The minimum Gasteiger partial charge on any atom is -0.444 e. The van der Waals surface area contributed by atoms with Crippen LogP contribution in [0.5, 0.6) is 0 Å². The minimum atomic E-state index is -0.574. The molecule has 1 aliphatic heterocycles. The predicted molar refractivity (Wildman–Crippen MR) is 125 cm³/mol. The molecule has 0 spiro atoms. The average molecular weight is 455 g/mol. The number of nitrogens with zero attached hydrogens (tertiary/aromatic N) is 2. The van der Waals surface area contributed by atoms with Crippen molar-refractivity contribution in [3.63, 3.8) is 0 Å². The van der Waals surface area contributed by atoms with E-state index in [4.69, 9.17) is 4.74 Å². The molecule has 7 heteroatoms. The fourth-order valence-electron chi connectivity index (χ4n) is 3.83. The van der Waals surface area contributed by atoms with Gasteiger partial charge in [0.05, 0.1) is 6.54 Å². The van der Waals surface area contributed by atoms with Gasteiger partial charge < -0.3 is 14.5 Å². The first kappa shape index (κ1) is 24.4. The summed E-state index contributed by atoms with van der Waals surface area (Å²) in [5.41, 5.74) is 0.731. The van der Waals surface area contributed by atoms with E-state index in [2.05, 4.69) is 0 Å². The molecule has 176 valence electrons. The van der Waals surface area contributed by atoms with Crippen molar-refractivity contribution in [3.05, 3.63) is 65.5 Å². The van der Waals surface area contributed by atoms with Gasteiger partial charge in [-0.15, -0.1) is 0 Å². The van der Waals surface area contributed by atoms with Gasteiger partial charge in [-0.1, -0.05) is 30.3 Å². The molecule has 0 bridgehead atoms. The van der Waals surface area contributed by atoms with Gasteiger partial charge in [0.15, 0.2) is 5.78 Å². The third kappa shape index (κ3) is 6.40. The quantitative estimate of drug-likeness (QED) is 0.582. The molecule has 2 aromatic carbocycles. The first-order valence-electron chi connectivity index (χ1n) is 11.2. The summed E-state index contributed by atoms with van der Waals surface area (Å²) in [6.45, 7) is 7.76. The minimum absolute atomic E-state index is 0.0547. The van der Waals surface area contributed by atoms with Crippen LogP contribution in [0.25, 0.3) is 0 Å². The Kier molecular flexibility index (Phi) is 7.51. The largest absolute Gasteiger partial charge is 0.444 e. The Bertz CT molecular complexity index is 1010. The van der Waals surface area contributed by atoms with Crippen molar-refractivity contribution in [1.29, 1.82) is 0 Å². The third-order valence-corrected chi connectivity index (χ3v) is 5.62. The number of anilines is 1. The normalized spacial score (nSPS) is 14.6. The fourth-order valence-corrected chi connectivity index (χ4v) is 3.83. The lowest BCUT2D eigenvalue weighted by Crippen LogP contribution is -2.45. The van der Waals surface area contributed by atoms with Gasteiger partial charge in [-0.3, -0.25) is 9.59 Å². The topological polar surface area (TPSA) is 66.9 Å². The van der Waals surface area contributed by atoms with Crippen LogP contribution >= 0.6 is 0 Å². The zero-order valence-corrected chi connectivity index (χ0v) is 19.6. The molecule has 0 radical (unpaired) electrons. The number of hydrogen-bond donors (Lipinski definition) is 0. The number of ketones is 1. The van der Waals surface area contributed by atoms with Crippen LogP contribution in [0.4, 0.5) is 14.9 Å². The predicted octanol–water partition coefficient (Wildman–Crippen LogP) is 5.21. The zero-order valence-electron chi connectivity index (χ0n) is 19.6. The second kappa shape index (κ2) is 10.1. The highest BCUT2D eigenvalue weighted by Gasteiger charge is 2.33. The Labute approximate surface area is 194 Å². The van der Waals surface area contributed by atoms with Gasteiger partial charge in [0, 0.05) is 35.8 Å². The van der Waals surface area contributed by atoms with Crippen molar-refractivity contribution in [1.82, 2.24) is 4.90 Å². The Hall–Kier alpha value is -3.22. The molecule has 2 aromatic rings. The Balaban J connectivity index is 1.75. The molecule has 2 amide bonds. The molecule has 1 saturated heterocycles. The molecule has 0 unspecified atom stereocenters. The summed E-state index contributed by atoms with van der Waals surface area (Å²) < 4.78 is 20.2. The summed E-state index contributed by atoms with van der Waals surface area (Å²) in [6, 6.07) is 13.5. The molecule has 0 aliphatic carbocycles. The van der Waals surface area contributed by atoms with Gasteiger partial charge in [-0.25, -0.2) is 9.18 Å². The molecule has 33 heavy (non-hydrogen) atoms. The highest BCUT2D eigenvalue weighted by atomic mass is 19.1. The van der Waals surface area contributed by atoms with Crippen LogP contribution in [0, 0.1) is 11.7 Å². The first-order valence-corrected chi connectivity index (χ1v) is 11.2. The van der Waals surface area contributed by atoms with Gasteiger partial charge in [-0.05, 0) is 58.7 Å². The molecule has 0 aromatic heterocycles. The number of halogens is 1. The van der Waals surface area contributed by atoms with Crippen molar-refractivity contribution in [3.8, 4) is 0 Å². The van der Waals surface area contributed by atoms with E-state index in [1.807, 2.05) is 51.1 Å². The molecular formula is C26H31FN2O4.